The van der Waals surface area contributed by atoms with E-state index in [4.69, 9.17) is 14.2 Å². The predicted octanol–water partition coefficient (Wildman–Crippen LogP) is 10.2. The van der Waals surface area contributed by atoms with Crippen molar-refractivity contribution in [2.75, 3.05) is 25.7 Å². The van der Waals surface area contributed by atoms with Crippen molar-refractivity contribution in [3.05, 3.63) is 125 Å². The Morgan fingerprint density at radius 3 is 1.05 bits per heavy atom. The molecule has 1 heterocycles. The summed E-state index contributed by atoms with van der Waals surface area (Å²) >= 11 is 0. The quantitative estimate of drug-likeness (QED) is 0.158. The third-order valence-corrected chi connectivity index (χ3v) is 15.8. The van der Waals surface area contributed by atoms with Gasteiger partial charge in [-0.05, 0) is 103 Å². The molecule has 4 aromatic rings. The smallest absolute Gasteiger partial charge is 0.134 e. The molecule has 4 heteroatoms. The Balaban J connectivity index is 1.33. The first-order valence-electron chi connectivity index (χ1n) is 15.7. The normalized spacial score (nSPS) is 15.8. The highest BCUT2D eigenvalue weighted by Crippen LogP contribution is 2.80. The highest BCUT2D eigenvalue weighted by atomic mass is 32.3. The molecule has 234 valence electrons. The van der Waals surface area contributed by atoms with Gasteiger partial charge in [0.25, 0.3) is 0 Å². The number of ether oxygens (including phenoxy) is 3. The van der Waals surface area contributed by atoms with E-state index in [1.54, 1.807) is 14.2 Å². The van der Waals surface area contributed by atoms with Crippen molar-refractivity contribution in [1.82, 2.24) is 0 Å². The molecule has 1 fully saturated rings. The Bertz CT molecular complexity index is 1560. The Kier molecular flexibility index (Phi) is 8.39. The molecule has 4 aromatic carbocycles. The Morgan fingerprint density at radius 1 is 0.432 bits per heavy atom. The minimum Gasteiger partial charge on any atom is -0.497 e. The highest BCUT2D eigenvalue weighted by molar-refractivity contribution is 8.40. The van der Waals surface area contributed by atoms with Crippen LogP contribution in [0.25, 0.3) is 0 Å². The van der Waals surface area contributed by atoms with Crippen LogP contribution < -0.4 is 14.2 Å². The van der Waals surface area contributed by atoms with Crippen molar-refractivity contribution >= 4 is 10.0 Å². The standard InChI is InChI=1S/C40H50O3S/c1-37(2,30-15-21-34(41-9)22-16-30)29-11-13-33(14-12-29)39(5,6)44(27-28-44)40(7,8)43-36-25-19-32(20-26-36)38(3,4)31-17-23-35(42-10)24-18-31/h11-26H,27-28H2,1-10H3. The van der Waals surface area contributed by atoms with Gasteiger partial charge >= 0.3 is 0 Å². The molecule has 3 nitrogen and oxygen atoms in total. The summed E-state index contributed by atoms with van der Waals surface area (Å²) in [6, 6.07) is 34.9. The second-order valence-corrected chi connectivity index (χ2v) is 18.7. The average Bonchev–Trinajstić information content (AvgIpc) is 3.85. The van der Waals surface area contributed by atoms with Gasteiger partial charge in [-0.15, -0.1) is 0 Å². The number of benzene rings is 4. The minimum atomic E-state index is -1.08. The molecular formula is C40H50O3S. The van der Waals surface area contributed by atoms with Crippen LogP contribution >= 0.6 is 10.0 Å². The van der Waals surface area contributed by atoms with Crippen LogP contribution in [0.5, 0.6) is 17.2 Å². The maximum absolute atomic E-state index is 6.91. The maximum atomic E-state index is 6.91. The predicted molar refractivity (Wildman–Crippen MR) is 188 cm³/mol. The number of methoxy groups -OCH3 is 2. The topological polar surface area (TPSA) is 27.7 Å². The zero-order chi connectivity index (χ0) is 32.0. The highest BCUT2D eigenvalue weighted by Gasteiger charge is 2.60. The molecular weight excluding hydrogens is 561 g/mol. The molecule has 0 bridgehead atoms. The van der Waals surface area contributed by atoms with Gasteiger partial charge in [-0.1, -0.05) is 88.4 Å². The van der Waals surface area contributed by atoms with Gasteiger partial charge in [0.05, 0.1) is 14.2 Å². The van der Waals surface area contributed by atoms with Gasteiger partial charge in [-0.2, -0.15) is 10.0 Å². The molecule has 0 spiro atoms. The summed E-state index contributed by atoms with van der Waals surface area (Å²) < 4.78 is 17.7. The third-order valence-electron chi connectivity index (χ3n) is 10.4. The SMILES string of the molecule is COc1ccc(C(C)(C)c2ccc(OC(C)(C)S3(C(C)(C)c4ccc(C(C)(C)c5ccc(OC)cc5)cc4)CC3)cc2)cc1. The third kappa shape index (κ3) is 5.62. The van der Waals surface area contributed by atoms with Gasteiger partial charge in [0.2, 0.25) is 0 Å². The lowest BCUT2D eigenvalue weighted by molar-refractivity contribution is 0.201. The van der Waals surface area contributed by atoms with Crippen molar-refractivity contribution in [3.63, 3.8) is 0 Å². The van der Waals surface area contributed by atoms with E-state index in [1.807, 2.05) is 24.3 Å². The van der Waals surface area contributed by atoms with E-state index in [1.165, 1.54) is 39.3 Å². The lowest BCUT2D eigenvalue weighted by Gasteiger charge is -2.50. The Labute approximate surface area is 267 Å². The van der Waals surface area contributed by atoms with Crippen molar-refractivity contribution < 1.29 is 14.2 Å². The first kappa shape index (κ1) is 32.0. The van der Waals surface area contributed by atoms with Crippen LogP contribution in [0.4, 0.5) is 0 Å². The van der Waals surface area contributed by atoms with Gasteiger partial charge in [0.1, 0.15) is 22.2 Å². The summed E-state index contributed by atoms with van der Waals surface area (Å²) in [5, 5.41) is 0. The summed E-state index contributed by atoms with van der Waals surface area (Å²) in [5.74, 6) is 5.17. The fourth-order valence-electron chi connectivity index (χ4n) is 6.87. The molecule has 0 N–H and O–H groups in total. The second-order valence-electron chi connectivity index (χ2n) is 14.1. The lowest BCUT2D eigenvalue weighted by atomic mass is 9.77. The van der Waals surface area contributed by atoms with E-state index in [-0.39, 0.29) is 20.5 Å². The first-order valence-corrected chi connectivity index (χ1v) is 17.6. The van der Waals surface area contributed by atoms with Gasteiger partial charge < -0.3 is 14.2 Å². The number of hydrogen-bond acceptors (Lipinski definition) is 3. The molecule has 44 heavy (non-hydrogen) atoms. The second kappa shape index (κ2) is 11.5. The van der Waals surface area contributed by atoms with Crippen molar-refractivity contribution in [2.24, 2.45) is 0 Å². The van der Waals surface area contributed by atoms with Crippen molar-refractivity contribution in [2.45, 2.75) is 75.9 Å². The average molecular weight is 611 g/mol. The molecule has 0 atom stereocenters. The summed E-state index contributed by atoms with van der Waals surface area (Å²) in [6.07, 6.45) is 0. The van der Waals surface area contributed by atoms with E-state index < -0.39 is 10.0 Å². The fraction of sp³-hybridized carbons (Fsp3) is 0.400. The molecule has 0 radical (unpaired) electrons. The van der Waals surface area contributed by atoms with E-state index in [9.17, 15) is 0 Å². The van der Waals surface area contributed by atoms with Crippen LogP contribution in [0.1, 0.15) is 83.2 Å². The van der Waals surface area contributed by atoms with E-state index in [0.717, 1.165) is 17.2 Å². The monoisotopic (exact) mass is 610 g/mol. The largest absolute Gasteiger partial charge is 0.497 e. The Morgan fingerprint density at radius 2 is 0.727 bits per heavy atom. The molecule has 5 rings (SSSR count). The molecule has 0 unspecified atom stereocenters. The van der Waals surface area contributed by atoms with E-state index in [0.29, 0.717) is 0 Å². The number of rotatable bonds is 11. The fourth-order valence-corrected chi connectivity index (χ4v) is 11.6. The molecule has 0 saturated carbocycles. The zero-order valence-electron chi connectivity index (χ0n) is 28.3. The maximum Gasteiger partial charge on any atom is 0.134 e. The van der Waals surface area contributed by atoms with Gasteiger partial charge in [0, 0.05) is 15.6 Å². The number of hydrogen-bond donors (Lipinski definition) is 0. The van der Waals surface area contributed by atoms with Crippen molar-refractivity contribution in [1.29, 1.82) is 0 Å². The molecule has 1 aliphatic rings. The van der Waals surface area contributed by atoms with Crippen LogP contribution in [0, 0.1) is 0 Å². The van der Waals surface area contributed by atoms with E-state index >= 15 is 0 Å². The molecule has 0 aromatic heterocycles. The van der Waals surface area contributed by atoms with Crippen LogP contribution in [-0.4, -0.2) is 30.7 Å². The van der Waals surface area contributed by atoms with Crippen LogP contribution in [0.2, 0.25) is 0 Å². The zero-order valence-corrected chi connectivity index (χ0v) is 29.1. The molecule has 0 aliphatic carbocycles. The van der Waals surface area contributed by atoms with Crippen LogP contribution in [0.3, 0.4) is 0 Å². The van der Waals surface area contributed by atoms with Crippen LogP contribution in [0.15, 0.2) is 97.1 Å². The van der Waals surface area contributed by atoms with E-state index in [2.05, 4.69) is 128 Å². The van der Waals surface area contributed by atoms with Gasteiger partial charge in [0.15, 0.2) is 0 Å². The summed E-state index contributed by atoms with van der Waals surface area (Å²) in [4.78, 5) is -0.259. The molecule has 1 saturated heterocycles. The van der Waals surface area contributed by atoms with Gasteiger partial charge in [-0.25, -0.2) is 0 Å². The summed E-state index contributed by atoms with van der Waals surface area (Å²) in [6.45, 7) is 18.6. The first-order chi connectivity index (χ1) is 20.7. The lowest BCUT2D eigenvalue weighted by Crippen LogP contribution is -2.38. The molecule has 0 amide bonds. The summed E-state index contributed by atoms with van der Waals surface area (Å²) in [7, 11) is 2.33. The summed E-state index contributed by atoms with van der Waals surface area (Å²) in [5.41, 5.74) is 6.29. The van der Waals surface area contributed by atoms with Crippen molar-refractivity contribution in [3.8, 4) is 17.2 Å². The minimum absolute atomic E-state index is 0.0234. The van der Waals surface area contributed by atoms with Gasteiger partial charge in [-0.3, -0.25) is 0 Å². The van der Waals surface area contributed by atoms with Crippen LogP contribution in [-0.2, 0) is 15.6 Å². The molecule has 1 aliphatic heterocycles. The Hall–Kier alpha value is -3.37.